The number of carbonyl (C=O) groups excluding carboxylic acids is 3. The molecule has 0 saturated carbocycles. The van der Waals surface area contributed by atoms with Gasteiger partial charge in [0.15, 0.2) is 6.61 Å². The quantitative estimate of drug-likeness (QED) is 0.530. The summed E-state index contributed by atoms with van der Waals surface area (Å²) in [6.07, 6.45) is 0. The lowest BCUT2D eigenvalue weighted by molar-refractivity contribution is -0.119. The molecule has 8 heteroatoms. The van der Waals surface area contributed by atoms with E-state index >= 15 is 0 Å². The topological polar surface area (TPSA) is 84.5 Å². The van der Waals surface area contributed by atoms with E-state index in [-0.39, 0.29) is 5.91 Å². The zero-order chi connectivity index (χ0) is 21.5. The Labute approximate surface area is 182 Å². The number of ether oxygens (including phenoxy) is 1. The van der Waals surface area contributed by atoms with E-state index in [1.54, 1.807) is 30.3 Å². The second-order valence-corrected chi connectivity index (χ2v) is 8.16. The number of halogens is 1. The first-order valence-electron chi connectivity index (χ1n) is 9.07. The number of carbonyl (C=O) groups is 3. The predicted molar refractivity (Wildman–Crippen MR) is 117 cm³/mol. The first-order chi connectivity index (χ1) is 14.4. The molecular weight excluding hydrogens is 424 g/mol. The summed E-state index contributed by atoms with van der Waals surface area (Å²) in [6.45, 7) is 1.88. The molecule has 0 unspecified atom stereocenters. The van der Waals surface area contributed by atoms with Crippen LogP contribution in [0.3, 0.4) is 0 Å². The van der Waals surface area contributed by atoms with E-state index in [9.17, 15) is 14.4 Å². The van der Waals surface area contributed by atoms with Gasteiger partial charge in [-0.2, -0.15) is 0 Å². The molecule has 0 fully saturated rings. The molecule has 3 aromatic rings. The van der Waals surface area contributed by atoms with Gasteiger partial charge in [0, 0.05) is 6.54 Å². The molecule has 2 N–H and O–H groups in total. The van der Waals surface area contributed by atoms with Gasteiger partial charge >= 0.3 is 5.97 Å². The van der Waals surface area contributed by atoms with Crippen LogP contribution >= 0.6 is 22.9 Å². The van der Waals surface area contributed by atoms with Crippen molar-refractivity contribution in [3.8, 4) is 0 Å². The van der Waals surface area contributed by atoms with Gasteiger partial charge in [-0.05, 0) is 36.8 Å². The van der Waals surface area contributed by atoms with Crippen molar-refractivity contribution in [3.05, 3.63) is 86.6 Å². The number of hydrogen-bond acceptors (Lipinski definition) is 5. The van der Waals surface area contributed by atoms with Crippen molar-refractivity contribution >= 4 is 46.4 Å². The van der Waals surface area contributed by atoms with Crippen molar-refractivity contribution in [2.45, 2.75) is 13.5 Å². The highest BCUT2D eigenvalue weighted by Gasteiger charge is 2.15. The Morgan fingerprint density at radius 2 is 1.73 bits per heavy atom. The highest BCUT2D eigenvalue weighted by Crippen LogP contribution is 2.22. The second-order valence-electron chi connectivity index (χ2n) is 6.44. The van der Waals surface area contributed by atoms with Crippen LogP contribution in [-0.4, -0.2) is 24.4 Å². The Morgan fingerprint density at radius 1 is 1.00 bits per heavy atom. The molecule has 2 amide bonds. The van der Waals surface area contributed by atoms with E-state index in [1.807, 2.05) is 31.2 Å². The maximum Gasteiger partial charge on any atom is 0.348 e. The van der Waals surface area contributed by atoms with E-state index in [1.165, 1.54) is 6.07 Å². The van der Waals surface area contributed by atoms with Crippen molar-refractivity contribution in [1.82, 2.24) is 5.32 Å². The molecule has 0 aliphatic carbocycles. The largest absolute Gasteiger partial charge is 0.451 e. The van der Waals surface area contributed by atoms with Crippen LogP contribution in [0.15, 0.2) is 60.7 Å². The Bertz CT molecular complexity index is 1060. The third kappa shape index (κ3) is 5.92. The summed E-state index contributed by atoms with van der Waals surface area (Å²) in [4.78, 5) is 37.0. The number of aryl methyl sites for hydroxylation is 1. The maximum atomic E-state index is 12.6. The number of hydrogen-bond donors (Lipinski definition) is 2. The van der Waals surface area contributed by atoms with E-state index in [0.717, 1.165) is 22.5 Å². The summed E-state index contributed by atoms with van der Waals surface area (Å²) in [6, 6.07) is 17.6. The number of anilines is 1. The Kier molecular flexibility index (Phi) is 7.21. The molecule has 0 spiro atoms. The number of para-hydroxylation sites is 1. The zero-order valence-corrected chi connectivity index (χ0v) is 17.7. The normalized spacial score (nSPS) is 10.3. The van der Waals surface area contributed by atoms with Crippen LogP contribution in [0.1, 0.15) is 31.2 Å². The minimum Gasteiger partial charge on any atom is -0.451 e. The minimum atomic E-state index is -0.633. The molecule has 1 aromatic heterocycles. The van der Waals surface area contributed by atoms with Crippen molar-refractivity contribution in [2.75, 3.05) is 11.9 Å². The monoisotopic (exact) mass is 442 g/mol. The number of amides is 2. The van der Waals surface area contributed by atoms with Crippen LogP contribution in [0, 0.1) is 6.92 Å². The minimum absolute atomic E-state index is 0.309. The van der Waals surface area contributed by atoms with Crippen LogP contribution < -0.4 is 10.6 Å². The summed E-state index contributed by atoms with van der Waals surface area (Å²) in [5.74, 6) is -1.51. The number of benzene rings is 2. The number of esters is 1. The van der Waals surface area contributed by atoms with Crippen LogP contribution in [0.4, 0.5) is 5.69 Å². The van der Waals surface area contributed by atoms with Gasteiger partial charge in [-0.15, -0.1) is 11.3 Å². The average Bonchev–Trinajstić information content (AvgIpc) is 3.18. The first kappa shape index (κ1) is 21.5. The molecular formula is C22H19ClN2O4S. The van der Waals surface area contributed by atoms with Gasteiger partial charge in [-0.1, -0.05) is 53.6 Å². The fourth-order valence-corrected chi connectivity index (χ4v) is 3.52. The van der Waals surface area contributed by atoms with Crippen LogP contribution in [0.5, 0.6) is 0 Å². The Balaban J connectivity index is 1.57. The van der Waals surface area contributed by atoms with Crippen molar-refractivity contribution in [1.29, 1.82) is 0 Å². The molecule has 154 valence electrons. The SMILES string of the molecule is Cc1ccc(CNC(=O)c2ccccc2NC(=O)COC(=O)c2ccc(Cl)s2)cc1. The van der Waals surface area contributed by atoms with E-state index < -0.39 is 18.5 Å². The van der Waals surface area contributed by atoms with Crippen molar-refractivity contribution in [3.63, 3.8) is 0 Å². The average molecular weight is 443 g/mol. The molecule has 0 aliphatic rings. The fourth-order valence-electron chi connectivity index (χ4n) is 2.59. The van der Waals surface area contributed by atoms with Gasteiger partial charge in [0.25, 0.3) is 11.8 Å². The molecule has 0 bridgehead atoms. The van der Waals surface area contributed by atoms with Crippen LogP contribution in [-0.2, 0) is 16.1 Å². The standard InChI is InChI=1S/C22H19ClN2O4S/c1-14-6-8-15(9-7-14)12-24-21(27)16-4-2-3-5-17(16)25-20(26)13-29-22(28)18-10-11-19(23)30-18/h2-11H,12-13H2,1H3,(H,24,27)(H,25,26). The van der Waals surface area contributed by atoms with Gasteiger partial charge in [-0.3, -0.25) is 9.59 Å². The van der Waals surface area contributed by atoms with Crippen LogP contribution in [0.2, 0.25) is 4.34 Å². The summed E-state index contributed by atoms with van der Waals surface area (Å²) in [5, 5.41) is 5.45. The number of nitrogens with one attached hydrogen (secondary N) is 2. The lowest BCUT2D eigenvalue weighted by Crippen LogP contribution is -2.26. The molecule has 6 nitrogen and oxygen atoms in total. The van der Waals surface area contributed by atoms with E-state index in [4.69, 9.17) is 16.3 Å². The lowest BCUT2D eigenvalue weighted by atomic mass is 10.1. The molecule has 0 aliphatic heterocycles. The summed E-state index contributed by atoms with van der Waals surface area (Å²) >= 11 is 6.86. The summed E-state index contributed by atoms with van der Waals surface area (Å²) in [7, 11) is 0. The highest BCUT2D eigenvalue weighted by atomic mass is 35.5. The van der Waals surface area contributed by atoms with Crippen molar-refractivity contribution < 1.29 is 19.1 Å². The van der Waals surface area contributed by atoms with Gasteiger partial charge < -0.3 is 15.4 Å². The molecule has 30 heavy (non-hydrogen) atoms. The fraction of sp³-hybridized carbons (Fsp3) is 0.136. The summed E-state index contributed by atoms with van der Waals surface area (Å²) in [5.41, 5.74) is 2.76. The number of thiophene rings is 1. The van der Waals surface area contributed by atoms with Gasteiger partial charge in [0.1, 0.15) is 4.88 Å². The third-order valence-electron chi connectivity index (χ3n) is 4.13. The maximum absolute atomic E-state index is 12.6. The van der Waals surface area contributed by atoms with E-state index in [2.05, 4.69) is 10.6 Å². The Morgan fingerprint density at radius 3 is 2.43 bits per heavy atom. The predicted octanol–water partition coefficient (Wildman–Crippen LogP) is 4.44. The molecule has 0 saturated heterocycles. The molecule has 0 atom stereocenters. The molecule has 3 rings (SSSR count). The van der Waals surface area contributed by atoms with Gasteiger partial charge in [0.2, 0.25) is 0 Å². The van der Waals surface area contributed by atoms with Gasteiger partial charge in [-0.25, -0.2) is 4.79 Å². The summed E-state index contributed by atoms with van der Waals surface area (Å²) < 4.78 is 5.45. The van der Waals surface area contributed by atoms with Gasteiger partial charge in [0.05, 0.1) is 15.6 Å². The lowest BCUT2D eigenvalue weighted by Gasteiger charge is -2.12. The first-order valence-corrected chi connectivity index (χ1v) is 10.3. The molecule has 1 heterocycles. The second kappa shape index (κ2) is 10.0. The number of rotatable bonds is 7. The third-order valence-corrected chi connectivity index (χ3v) is 5.34. The van der Waals surface area contributed by atoms with Crippen LogP contribution in [0.25, 0.3) is 0 Å². The molecule has 2 aromatic carbocycles. The highest BCUT2D eigenvalue weighted by molar-refractivity contribution is 7.17. The van der Waals surface area contributed by atoms with E-state index in [0.29, 0.717) is 27.0 Å². The smallest absolute Gasteiger partial charge is 0.348 e. The Hall–Kier alpha value is -3.16. The zero-order valence-electron chi connectivity index (χ0n) is 16.1. The molecule has 0 radical (unpaired) electrons. The van der Waals surface area contributed by atoms with Crippen molar-refractivity contribution in [2.24, 2.45) is 0 Å².